The summed E-state index contributed by atoms with van der Waals surface area (Å²) in [6.45, 7) is 0.762. The maximum absolute atomic E-state index is 13.1. The van der Waals surface area contributed by atoms with Gasteiger partial charge in [-0.25, -0.2) is 8.42 Å². The first-order valence-electron chi connectivity index (χ1n) is 8.79. The fourth-order valence-electron chi connectivity index (χ4n) is 3.08. The molecule has 0 saturated heterocycles. The third kappa shape index (κ3) is 3.66. The monoisotopic (exact) mass is 422 g/mol. The molecule has 0 aromatic heterocycles. The quantitative estimate of drug-likeness (QED) is 0.532. The van der Waals surface area contributed by atoms with E-state index in [2.05, 4.69) is 0 Å². The predicted octanol–water partition coefficient (Wildman–Crippen LogP) is 2.31. The number of nitrogens with zero attached hydrogens (tertiary/aromatic N) is 2. The van der Waals surface area contributed by atoms with Crippen molar-refractivity contribution in [3.05, 3.63) is 46.0 Å². The zero-order valence-corrected chi connectivity index (χ0v) is 16.3. The molecular weight excluding hydrogens is 404 g/mol. The van der Waals surface area contributed by atoms with Gasteiger partial charge in [0.15, 0.2) is 27.9 Å². The van der Waals surface area contributed by atoms with Gasteiger partial charge < -0.3 is 18.9 Å². The molecule has 10 nitrogen and oxygen atoms in total. The van der Waals surface area contributed by atoms with E-state index in [9.17, 15) is 18.5 Å². The lowest BCUT2D eigenvalue weighted by atomic mass is 10.2. The van der Waals surface area contributed by atoms with Crippen molar-refractivity contribution in [2.45, 2.75) is 17.9 Å². The Hall–Kier alpha value is -3.05. The molecule has 0 fully saturated rings. The molecule has 4 rings (SSSR count). The lowest BCUT2D eigenvalue weighted by molar-refractivity contribution is -0.388. The first-order chi connectivity index (χ1) is 13.9. The molecular formula is C18H18N2O8S. The number of fused-ring (bicyclic) bond motifs is 2. The maximum atomic E-state index is 13.1. The number of nitro groups is 1. The molecule has 0 aliphatic carbocycles. The number of rotatable bonds is 5. The molecule has 0 radical (unpaired) electrons. The number of hydrogen-bond acceptors (Lipinski definition) is 8. The van der Waals surface area contributed by atoms with Crippen LogP contribution in [-0.2, 0) is 16.6 Å². The largest absolute Gasteiger partial charge is 0.490 e. The van der Waals surface area contributed by atoms with Gasteiger partial charge >= 0.3 is 0 Å². The van der Waals surface area contributed by atoms with Gasteiger partial charge in [0.25, 0.3) is 5.69 Å². The molecule has 2 heterocycles. The van der Waals surface area contributed by atoms with E-state index in [4.69, 9.17) is 18.9 Å². The SMILES string of the molecule is CN(Cc1ccc2c(c1)OCO2)S(=O)(=O)c1cc2c(cc1[N+](=O)[O-])OCCCO2. The fraction of sp³-hybridized carbons (Fsp3) is 0.333. The maximum Gasteiger partial charge on any atom is 0.293 e. The van der Waals surface area contributed by atoms with E-state index in [1.165, 1.54) is 7.05 Å². The second kappa shape index (κ2) is 7.41. The zero-order valence-electron chi connectivity index (χ0n) is 15.5. The van der Waals surface area contributed by atoms with Crippen LogP contribution in [-0.4, -0.2) is 44.7 Å². The third-order valence-electron chi connectivity index (χ3n) is 4.56. The van der Waals surface area contributed by atoms with E-state index in [0.717, 1.165) is 16.4 Å². The lowest BCUT2D eigenvalue weighted by Gasteiger charge is -2.18. The summed E-state index contributed by atoms with van der Waals surface area (Å²) in [7, 11) is -2.83. The van der Waals surface area contributed by atoms with Gasteiger partial charge in [-0.15, -0.1) is 0 Å². The van der Waals surface area contributed by atoms with E-state index < -0.39 is 25.5 Å². The Bertz CT molecular complexity index is 1070. The summed E-state index contributed by atoms with van der Waals surface area (Å²) in [6.07, 6.45) is 0.592. The highest BCUT2D eigenvalue weighted by molar-refractivity contribution is 7.89. The minimum Gasteiger partial charge on any atom is -0.490 e. The highest BCUT2D eigenvalue weighted by Crippen LogP contribution is 2.39. The predicted molar refractivity (Wildman–Crippen MR) is 99.9 cm³/mol. The molecule has 0 amide bonds. The average Bonchev–Trinajstić information content (AvgIpc) is 3.03. The number of nitro benzene ring substituents is 1. The Morgan fingerprint density at radius 2 is 1.66 bits per heavy atom. The molecule has 0 unspecified atom stereocenters. The van der Waals surface area contributed by atoms with Crippen LogP contribution in [0.5, 0.6) is 23.0 Å². The van der Waals surface area contributed by atoms with Crippen LogP contribution in [0.1, 0.15) is 12.0 Å². The van der Waals surface area contributed by atoms with Crippen LogP contribution in [0.3, 0.4) is 0 Å². The summed E-state index contributed by atoms with van der Waals surface area (Å²) in [5.74, 6) is 1.43. The Morgan fingerprint density at radius 3 is 2.38 bits per heavy atom. The molecule has 0 saturated carbocycles. The number of sulfonamides is 1. The van der Waals surface area contributed by atoms with Gasteiger partial charge in [-0.1, -0.05) is 6.07 Å². The van der Waals surface area contributed by atoms with Gasteiger partial charge in [-0.05, 0) is 17.7 Å². The molecule has 2 aromatic rings. The highest BCUT2D eigenvalue weighted by atomic mass is 32.2. The lowest BCUT2D eigenvalue weighted by Crippen LogP contribution is -2.27. The van der Waals surface area contributed by atoms with E-state index in [1.54, 1.807) is 18.2 Å². The Morgan fingerprint density at radius 1 is 1.00 bits per heavy atom. The third-order valence-corrected chi connectivity index (χ3v) is 6.39. The summed E-state index contributed by atoms with van der Waals surface area (Å²) in [5, 5.41) is 11.5. The normalized spacial score (nSPS) is 15.2. The summed E-state index contributed by atoms with van der Waals surface area (Å²) < 4.78 is 48.8. The topological polar surface area (TPSA) is 117 Å². The molecule has 2 aliphatic rings. The fourth-order valence-corrected chi connectivity index (χ4v) is 4.39. The van der Waals surface area contributed by atoms with Crippen molar-refractivity contribution < 1.29 is 32.3 Å². The van der Waals surface area contributed by atoms with E-state index in [1.807, 2.05) is 0 Å². The van der Waals surface area contributed by atoms with Gasteiger partial charge in [0.1, 0.15) is 0 Å². The van der Waals surface area contributed by atoms with Crippen LogP contribution in [0.25, 0.3) is 0 Å². The van der Waals surface area contributed by atoms with E-state index in [-0.39, 0.29) is 24.8 Å². The zero-order chi connectivity index (χ0) is 20.6. The Labute approximate surface area is 166 Å². The molecule has 2 aromatic carbocycles. The summed E-state index contributed by atoms with van der Waals surface area (Å²) in [6, 6.07) is 7.33. The molecule has 11 heteroatoms. The Kier molecular flexibility index (Phi) is 4.92. The molecule has 0 N–H and O–H groups in total. The van der Waals surface area contributed by atoms with Gasteiger partial charge in [0.05, 0.1) is 24.2 Å². The van der Waals surface area contributed by atoms with Crippen molar-refractivity contribution in [3.8, 4) is 23.0 Å². The standard InChI is InChI=1S/C18H18N2O8S/c1-19(10-12-3-4-14-15(7-12)28-11-27-14)29(23,24)18-9-17-16(8-13(18)20(21)22)25-5-2-6-26-17/h3-4,7-9H,2,5-6,10-11H2,1H3. The summed E-state index contributed by atoms with van der Waals surface area (Å²) in [5.41, 5.74) is 0.0871. The highest BCUT2D eigenvalue weighted by Gasteiger charge is 2.33. The smallest absolute Gasteiger partial charge is 0.293 e. The molecule has 2 aliphatic heterocycles. The van der Waals surface area contributed by atoms with Crippen LogP contribution >= 0.6 is 0 Å². The minimum atomic E-state index is -4.19. The molecule has 0 atom stereocenters. The average molecular weight is 422 g/mol. The van der Waals surface area contributed by atoms with Crippen LogP contribution in [0.15, 0.2) is 35.2 Å². The molecule has 0 bridgehead atoms. The number of ether oxygens (including phenoxy) is 4. The molecule has 0 spiro atoms. The van der Waals surface area contributed by atoms with Gasteiger partial charge in [-0.3, -0.25) is 10.1 Å². The van der Waals surface area contributed by atoms with Crippen molar-refractivity contribution in [1.82, 2.24) is 4.31 Å². The van der Waals surface area contributed by atoms with Gasteiger partial charge in [0.2, 0.25) is 16.8 Å². The molecule has 29 heavy (non-hydrogen) atoms. The second-order valence-corrected chi connectivity index (χ2v) is 8.54. The van der Waals surface area contributed by atoms with E-state index in [0.29, 0.717) is 36.7 Å². The first-order valence-corrected chi connectivity index (χ1v) is 10.2. The molecule has 154 valence electrons. The van der Waals surface area contributed by atoms with Crippen molar-refractivity contribution in [2.24, 2.45) is 0 Å². The van der Waals surface area contributed by atoms with Crippen molar-refractivity contribution in [2.75, 3.05) is 27.1 Å². The van der Waals surface area contributed by atoms with Crippen LogP contribution in [0.2, 0.25) is 0 Å². The second-order valence-electron chi connectivity index (χ2n) is 6.52. The summed E-state index contributed by atoms with van der Waals surface area (Å²) >= 11 is 0. The van der Waals surface area contributed by atoms with Gasteiger partial charge in [0, 0.05) is 26.1 Å². The van der Waals surface area contributed by atoms with Gasteiger partial charge in [-0.2, -0.15) is 4.31 Å². The number of hydrogen-bond donors (Lipinski definition) is 0. The first kappa shape index (κ1) is 19.3. The van der Waals surface area contributed by atoms with Crippen molar-refractivity contribution in [3.63, 3.8) is 0 Å². The van der Waals surface area contributed by atoms with Crippen LogP contribution in [0.4, 0.5) is 5.69 Å². The van der Waals surface area contributed by atoms with Crippen molar-refractivity contribution >= 4 is 15.7 Å². The van der Waals surface area contributed by atoms with Crippen molar-refractivity contribution in [1.29, 1.82) is 0 Å². The van der Waals surface area contributed by atoms with Crippen LogP contribution < -0.4 is 18.9 Å². The number of benzene rings is 2. The minimum absolute atomic E-state index is 0.00936. The van der Waals surface area contributed by atoms with Crippen LogP contribution in [0, 0.1) is 10.1 Å². The summed E-state index contributed by atoms with van der Waals surface area (Å²) in [4.78, 5) is 10.4. The van der Waals surface area contributed by atoms with E-state index >= 15 is 0 Å². The Balaban J connectivity index is 1.68.